The van der Waals surface area contributed by atoms with Gasteiger partial charge in [-0.3, -0.25) is 4.79 Å². The summed E-state index contributed by atoms with van der Waals surface area (Å²) in [5.41, 5.74) is 1.57. The lowest BCUT2D eigenvalue weighted by molar-refractivity contribution is -0.112. The number of methoxy groups -OCH3 is 1. The summed E-state index contributed by atoms with van der Waals surface area (Å²) in [4.78, 5) is 13.6. The van der Waals surface area contributed by atoms with Crippen molar-refractivity contribution in [3.05, 3.63) is 58.6 Å². The average molecular weight is 333 g/mol. The van der Waals surface area contributed by atoms with Crippen LogP contribution in [-0.2, 0) is 4.79 Å². The molecule has 0 radical (unpaired) electrons. The van der Waals surface area contributed by atoms with E-state index in [4.69, 9.17) is 16.3 Å². The number of carbonyl (C=O) groups is 1. The number of halogens is 1. The zero-order chi connectivity index (χ0) is 15.5. The Bertz CT molecular complexity index is 762. The van der Waals surface area contributed by atoms with E-state index in [-0.39, 0.29) is 5.91 Å². The van der Waals surface area contributed by atoms with Crippen molar-refractivity contribution in [2.45, 2.75) is 4.90 Å². The molecule has 0 aromatic heterocycles. The molecule has 0 bridgehead atoms. The Balaban J connectivity index is 1.84. The second-order valence-electron chi connectivity index (χ2n) is 4.55. The normalized spacial score (nSPS) is 15.2. The van der Waals surface area contributed by atoms with Crippen LogP contribution >= 0.6 is 23.4 Å². The third-order valence-corrected chi connectivity index (χ3v) is 4.42. The topological polar surface area (TPSA) is 50.4 Å². The second kappa shape index (κ2) is 6.34. The minimum absolute atomic E-state index is 0.151. The van der Waals surface area contributed by atoms with Crippen LogP contribution in [0.5, 0.6) is 5.75 Å². The molecule has 0 aliphatic carbocycles. The predicted molar refractivity (Wildman–Crippen MR) is 90.6 cm³/mol. The smallest absolute Gasteiger partial charge is 0.263 e. The number of rotatable bonds is 3. The van der Waals surface area contributed by atoms with Gasteiger partial charge in [0.05, 0.1) is 23.4 Å². The summed E-state index contributed by atoms with van der Waals surface area (Å²) < 4.78 is 5.27. The average Bonchev–Trinajstić information content (AvgIpc) is 2.53. The molecular formula is C16H13ClN2O2S. The minimum Gasteiger partial charge on any atom is -0.495 e. The summed E-state index contributed by atoms with van der Waals surface area (Å²) in [6.07, 6.45) is 1.67. The summed E-state index contributed by atoms with van der Waals surface area (Å²) in [5, 5.41) is 6.59. The predicted octanol–water partition coefficient (Wildman–Crippen LogP) is 4.35. The number of anilines is 2. The van der Waals surface area contributed by atoms with Crippen molar-refractivity contribution in [2.24, 2.45) is 0 Å². The largest absolute Gasteiger partial charge is 0.495 e. The highest BCUT2D eigenvalue weighted by Crippen LogP contribution is 2.39. The molecule has 0 spiro atoms. The number of hydrogen-bond donors (Lipinski definition) is 2. The van der Waals surface area contributed by atoms with Gasteiger partial charge in [-0.15, -0.1) is 0 Å². The Morgan fingerprint density at radius 3 is 2.91 bits per heavy atom. The molecule has 0 fully saturated rings. The zero-order valence-corrected chi connectivity index (χ0v) is 13.3. The molecule has 0 atom stereocenters. The van der Waals surface area contributed by atoms with E-state index in [0.717, 1.165) is 16.3 Å². The maximum atomic E-state index is 12.1. The molecule has 0 saturated heterocycles. The lowest BCUT2D eigenvalue weighted by atomic mass is 10.3. The summed E-state index contributed by atoms with van der Waals surface area (Å²) in [6, 6.07) is 12.9. The van der Waals surface area contributed by atoms with E-state index in [0.29, 0.717) is 15.7 Å². The van der Waals surface area contributed by atoms with Crippen molar-refractivity contribution in [3.63, 3.8) is 0 Å². The molecule has 2 aromatic rings. The van der Waals surface area contributed by atoms with E-state index in [9.17, 15) is 4.79 Å². The summed E-state index contributed by atoms with van der Waals surface area (Å²) in [6.45, 7) is 0. The van der Waals surface area contributed by atoms with Crippen molar-refractivity contribution in [1.29, 1.82) is 0 Å². The summed E-state index contributed by atoms with van der Waals surface area (Å²) in [5.74, 6) is 0.561. The molecular weight excluding hydrogens is 320 g/mol. The van der Waals surface area contributed by atoms with Crippen LogP contribution in [0.4, 0.5) is 11.4 Å². The van der Waals surface area contributed by atoms with Gasteiger partial charge in [-0.05, 0) is 30.3 Å². The molecule has 1 aliphatic rings. The quantitative estimate of drug-likeness (QED) is 0.821. The zero-order valence-electron chi connectivity index (χ0n) is 11.7. The van der Waals surface area contributed by atoms with Gasteiger partial charge in [0.2, 0.25) is 0 Å². The van der Waals surface area contributed by atoms with Gasteiger partial charge < -0.3 is 15.4 Å². The Hall–Kier alpha value is -2.11. The lowest BCUT2D eigenvalue weighted by Crippen LogP contribution is -2.18. The van der Waals surface area contributed by atoms with Gasteiger partial charge in [-0.2, -0.15) is 0 Å². The van der Waals surface area contributed by atoms with Crippen LogP contribution < -0.4 is 15.4 Å². The summed E-state index contributed by atoms with van der Waals surface area (Å²) >= 11 is 7.37. The molecule has 1 heterocycles. The number of amides is 1. The van der Waals surface area contributed by atoms with E-state index in [2.05, 4.69) is 10.6 Å². The molecule has 2 N–H and O–H groups in total. The van der Waals surface area contributed by atoms with Crippen LogP contribution in [0.2, 0.25) is 5.02 Å². The Kier molecular flexibility index (Phi) is 4.27. The molecule has 2 aromatic carbocycles. The maximum Gasteiger partial charge on any atom is 0.263 e. The van der Waals surface area contributed by atoms with Crippen LogP contribution in [0.25, 0.3) is 0 Å². The molecule has 1 amide bonds. The number of para-hydroxylation sites is 2. The van der Waals surface area contributed by atoms with E-state index >= 15 is 0 Å². The molecule has 1 aliphatic heterocycles. The first-order valence-electron chi connectivity index (χ1n) is 6.56. The van der Waals surface area contributed by atoms with E-state index in [1.165, 1.54) is 11.8 Å². The molecule has 22 heavy (non-hydrogen) atoms. The second-order valence-corrected chi connectivity index (χ2v) is 6.07. The fourth-order valence-corrected chi connectivity index (χ4v) is 3.19. The molecule has 0 saturated carbocycles. The Labute approximate surface area is 137 Å². The van der Waals surface area contributed by atoms with Crippen LogP contribution in [0.3, 0.4) is 0 Å². The minimum atomic E-state index is -0.151. The number of benzene rings is 2. The number of nitrogens with one attached hydrogen (secondary N) is 2. The van der Waals surface area contributed by atoms with Crippen molar-refractivity contribution in [3.8, 4) is 5.75 Å². The van der Waals surface area contributed by atoms with Gasteiger partial charge in [-0.25, -0.2) is 0 Å². The third kappa shape index (κ3) is 3.05. The third-order valence-electron chi connectivity index (χ3n) is 3.10. The van der Waals surface area contributed by atoms with Crippen LogP contribution in [0.15, 0.2) is 58.5 Å². The van der Waals surface area contributed by atoms with Crippen LogP contribution in [-0.4, -0.2) is 13.0 Å². The number of carbonyl (C=O) groups excluding carboxylic acids is 1. The van der Waals surface area contributed by atoms with E-state index in [1.54, 1.807) is 25.4 Å². The van der Waals surface area contributed by atoms with Gasteiger partial charge >= 0.3 is 0 Å². The fraction of sp³-hybridized carbons (Fsp3) is 0.0625. The van der Waals surface area contributed by atoms with Crippen molar-refractivity contribution >= 4 is 40.6 Å². The standard InChI is InChI=1S/C16H13ClN2O2S/c1-21-13-5-3-2-4-11(13)18-9-15-16(20)19-12-7-6-10(17)8-14(12)22-15/h2-9,18H,1H3,(H,19,20). The van der Waals surface area contributed by atoms with Gasteiger partial charge in [0.1, 0.15) is 5.75 Å². The number of thioether (sulfide) groups is 1. The highest BCUT2D eigenvalue weighted by Gasteiger charge is 2.21. The van der Waals surface area contributed by atoms with Gasteiger partial charge in [0.15, 0.2) is 0 Å². The van der Waals surface area contributed by atoms with Crippen LogP contribution in [0, 0.1) is 0 Å². The molecule has 0 unspecified atom stereocenters. The molecule has 112 valence electrons. The number of hydrogen-bond acceptors (Lipinski definition) is 4. The number of ether oxygens (including phenoxy) is 1. The van der Waals surface area contributed by atoms with Gasteiger partial charge in [-0.1, -0.05) is 35.5 Å². The van der Waals surface area contributed by atoms with Crippen LogP contribution in [0.1, 0.15) is 0 Å². The van der Waals surface area contributed by atoms with Crippen molar-refractivity contribution in [2.75, 3.05) is 17.7 Å². The first kappa shape index (κ1) is 14.8. The molecule has 6 heteroatoms. The summed E-state index contributed by atoms with van der Waals surface area (Å²) in [7, 11) is 1.61. The van der Waals surface area contributed by atoms with E-state index < -0.39 is 0 Å². The Morgan fingerprint density at radius 2 is 2.09 bits per heavy atom. The highest BCUT2D eigenvalue weighted by molar-refractivity contribution is 8.04. The molecule has 3 rings (SSSR count). The highest BCUT2D eigenvalue weighted by atomic mass is 35.5. The first-order valence-corrected chi connectivity index (χ1v) is 7.75. The monoisotopic (exact) mass is 332 g/mol. The van der Waals surface area contributed by atoms with Crippen molar-refractivity contribution < 1.29 is 9.53 Å². The fourth-order valence-electron chi connectivity index (χ4n) is 2.03. The maximum absolute atomic E-state index is 12.1. The molecule has 4 nitrogen and oxygen atoms in total. The van der Waals surface area contributed by atoms with E-state index in [1.807, 2.05) is 30.3 Å². The lowest BCUT2D eigenvalue weighted by Gasteiger charge is -2.19. The van der Waals surface area contributed by atoms with Gasteiger partial charge in [0, 0.05) is 16.1 Å². The first-order chi connectivity index (χ1) is 10.7. The Morgan fingerprint density at radius 1 is 1.27 bits per heavy atom. The van der Waals surface area contributed by atoms with Crippen molar-refractivity contribution in [1.82, 2.24) is 0 Å². The SMILES string of the molecule is COc1ccccc1NC=C1Sc2cc(Cl)ccc2NC1=O. The van der Waals surface area contributed by atoms with Gasteiger partial charge in [0.25, 0.3) is 5.91 Å². The number of fused-ring (bicyclic) bond motifs is 1.